The van der Waals surface area contributed by atoms with Crippen molar-refractivity contribution in [2.24, 2.45) is 23.2 Å². The molecule has 3 aromatic rings. The third-order valence-electron chi connectivity index (χ3n) is 10.3. The highest BCUT2D eigenvalue weighted by molar-refractivity contribution is 5.86. The van der Waals surface area contributed by atoms with E-state index in [1.54, 1.807) is 6.07 Å². The Balaban J connectivity index is 1.11. The van der Waals surface area contributed by atoms with Crippen LogP contribution in [0.25, 0.3) is 10.9 Å². The van der Waals surface area contributed by atoms with E-state index >= 15 is 8.78 Å². The highest BCUT2D eigenvalue weighted by atomic mass is 19.3. The van der Waals surface area contributed by atoms with Gasteiger partial charge in [0.15, 0.2) is 0 Å². The highest BCUT2D eigenvalue weighted by Gasteiger charge is 2.67. The molecule has 6 rings (SSSR count). The number of rotatable bonds is 6. The number of hydrogen-bond acceptors (Lipinski definition) is 2. The topological polar surface area (TPSA) is 65.1 Å². The molecule has 0 spiro atoms. The number of aryl methyl sites for hydroxylation is 2. The van der Waals surface area contributed by atoms with Crippen molar-refractivity contribution in [3.63, 3.8) is 0 Å². The summed E-state index contributed by atoms with van der Waals surface area (Å²) in [7, 11) is 0. The van der Waals surface area contributed by atoms with Crippen LogP contribution in [0.4, 0.5) is 8.78 Å². The summed E-state index contributed by atoms with van der Waals surface area (Å²) in [6.07, 6.45) is 6.42. The number of aromatic hydroxyl groups is 1. The van der Waals surface area contributed by atoms with Crippen LogP contribution >= 0.6 is 0 Å². The first-order chi connectivity index (χ1) is 18.2. The minimum absolute atomic E-state index is 0.0465. The molecule has 6 heteroatoms. The number of H-pyrrole nitrogens is 1. The van der Waals surface area contributed by atoms with E-state index in [-0.39, 0.29) is 41.7 Å². The van der Waals surface area contributed by atoms with Gasteiger partial charge in [-0.25, -0.2) is 8.78 Å². The summed E-state index contributed by atoms with van der Waals surface area (Å²) in [5.41, 5.74) is 4.90. The van der Waals surface area contributed by atoms with E-state index in [0.29, 0.717) is 25.8 Å². The first-order valence-corrected chi connectivity index (χ1v) is 14.2. The lowest BCUT2D eigenvalue weighted by Gasteiger charge is -2.51. The van der Waals surface area contributed by atoms with Crippen molar-refractivity contribution in [2.45, 2.75) is 77.1 Å². The van der Waals surface area contributed by atoms with Gasteiger partial charge in [0, 0.05) is 41.9 Å². The molecule has 3 N–H and O–H groups in total. The fourth-order valence-electron chi connectivity index (χ4n) is 8.40. The minimum atomic E-state index is -2.70. The van der Waals surface area contributed by atoms with Crippen molar-refractivity contribution < 1.29 is 18.7 Å². The second-order valence-electron chi connectivity index (χ2n) is 12.3. The van der Waals surface area contributed by atoms with Crippen LogP contribution in [0.3, 0.4) is 0 Å². The predicted octanol–water partition coefficient (Wildman–Crippen LogP) is 7.04. The maximum atomic E-state index is 15.5. The number of amides is 1. The van der Waals surface area contributed by atoms with Gasteiger partial charge in [-0.3, -0.25) is 4.79 Å². The molecular weight excluding hydrogens is 482 g/mol. The number of phenols is 1. The summed E-state index contributed by atoms with van der Waals surface area (Å²) in [6, 6.07) is 11.8. The molecule has 0 bridgehead atoms. The quantitative estimate of drug-likeness (QED) is 0.326. The van der Waals surface area contributed by atoms with E-state index in [4.69, 9.17) is 0 Å². The van der Waals surface area contributed by atoms with Gasteiger partial charge in [-0.05, 0) is 104 Å². The zero-order valence-corrected chi connectivity index (χ0v) is 22.3. The van der Waals surface area contributed by atoms with E-state index in [0.717, 1.165) is 31.2 Å². The second-order valence-corrected chi connectivity index (χ2v) is 12.3. The molecule has 38 heavy (non-hydrogen) atoms. The molecule has 2 fully saturated rings. The molecule has 4 nitrogen and oxygen atoms in total. The number of aromatic amines is 1. The van der Waals surface area contributed by atoms with Gasteiger partial charge in [0.1, 0.15) is 5.75 Å². The molecule has 1 heterocycles. The largest absolute Gasteiger partial charge is 0.508 e. The number of phenolic OH excluding ortho intramolecular Hbond substituents is 1. The molecule has 0 unspecified atom stereocenters. The number of halogens is 2. The Morgan fingerprint density at radius 1 is 1.21 bits per heavy atom. The number of aromatic nitrogens is 1. The minimum Gasteiger partial charge on any atom is -0.508 e. The van der Waals surface area contributed by atoms with Crippen molar-refractivity contribution in [1.82, 2.24) is 10.3 Å². The average molecular weight is 521 g/mol. The van der Waals surface area contributed by atoms with Crippen molar-refractivity contribution >= 4 is 16.8 Å². The fourth-order valence-corrected chi connectivity index (χ4v) is 8.40. The van der Waals surface area contributed by atoms with Crippen LogP contribution in [-0.4, -0.2) is 28.5 Å². The lowest BCUT2D eigenvalue weighted by molar-refractivity contribution is -0.133. The number of alkyl halides is 2. The molecule has 3 aliphatic carbocycles. The Labute approximate surface area is 223 Å². The number of hydrogen-bond donors (Lipinski definition) is 3. The molecule has 2 saturated carbocycles. The smallest absolute Gasteiger partial charge is 0.253 e. The summed E-state index contributed by atoms with van der Waals surface area (Å²) in [4.78, 5) is 16.1. The molecule has 0 radical (unpaired) electrons. The molecule has 1 amide bonds. The second kappa shape index (κ2) is 9.39. The Hall–Kier alpha value is -2.89. The highest BCUT2D eigenvalue weighted by Crippen LogP contribution is 2.68. The molecular formula is C32H38F2N2O2. The van der Waals surface area contributed by atoms with Gasteiger partial charge in [0.25, 0.3) is 5.92 Å². The standard InChI is InChI=1S/C32H38F2N2O2/c1-19-4-3-5-25-22(18-36-30(19)25)13-15-35-28(38)11-7-21-17-32(33,34)31(2)14-12-26-24-10-8-23(37)16-20(24)6-9-27(26)29(21)31/h3-5,8,10,16,18,21,26-27,29,36-37H,6-7,9,11-15,17H2,1-2H3,(H,35,38)/t21-,26-,27-,29+,31+/m1/s1. The summed E-state index contributed by atoms with van der Waals surface area (Å²) in [5, 5.41) is 14.2. The summed E-state index contributed by atoms with van der Waals surface area (Å²) >= 11 is 0. The first kappa shape index (κ1) is 25.4. The van der Waals surface area contributed by atoms with E-state index in [9.17, 15) is 9.90 Å². The summed E-state index contributed by atoms with van der Waals surface area (Å²) in [5.74, 6) is -2.23. The zero-order valence-electron chi connectivity index (χ0n) is 22.3. The van der Waals surface area contributed by atoms with Crippen LogP contribution in [0.1, 0.15) is 73.6 Å². The van der Waals surface area contributed by atoms with Gasteiger partial charge >= 0.3 is 0 Å². The maximum Gasteiger partial charge on any atom is 0.253 e. The molecule has 5 atom stereocenters. The fraction of sp³-hybridized carbons (Fsp3) is 0.531. The van der Waals surface area contributed by atoms with E-state index in [1.165, 1.54) is 27.6 Å². The Morgan fingerprint density at radius 3 is 2.89 bits per heavy atom. The van der Waals surface area contributed by atoms with Gasteiger partial charge in [0.2, 0.25) is 5.91 Å². The van der Waals surface area contributed by atoms with Crippen molar-refractivity contribution in [3.05, 3.63) is 64.8 Å². The van der Waals surface area contributed by atoms with Crippen LogP contribution in [0.15, 0.2) is 42.6 Å². The molecule has 1 aromatic heterocycles. The zero-order chi connectivity index (χ0) is 26.7. The normalized spacial score (nSPS) is 29.5. The van der Waals surface area contributed by atoms with Crippen LogP contribution in [0, 0.1) is 30.1 Å². The van der Waals surface area contributed by atoms with Crippen molar-refractivity contribution in [2.75, 3.05) is 6.54 Å². The maximum absolute atomic E-state index is 15.5. The summed E-state index contributed by atoms with van der Waals surface area (Å²) < 4.78 is 31.1. The molecule has 3 aliphatic rings. The van der Waals surface area contributed by atoms with Crippen LogP contribution < -0.4 is 5.32 Å². The Bertz CT molecular complexity index is 1360. The van der Waals surface area contributed by atoms with Crippen LogP contribution in [0.5, 0.6) is 5.75 Å². The van der Waals surface area contributed by atoms with Gasteiger partial charge in [-0.1, -0.05) is 31.2 Å². The van der Waals surface area contributed by atoms with Crippen molar-refractivity contribution in [1.29, 1.82) is 0 Å². The monoisotopic (exact) mass is 520 g/mol. The SMILES string of the molecule is Cc1cccc2c(CCNC(=O)CC[C@@H]3CC(F)(F)[C@@]4(C)CC[C@@H]5c6ccc(O)cc6CC[C@H]5[C@H]34)c[nH]c12. The number of benzene rings is 2. The number of fused-ring (bicyclic) bond motifs is 6. The van der Waals surface area contributed by atoms with E-state index < -0.39 is 11.3 Å². The third kappa shape index (κ3) is 4.11. The van der Waals surface area contributed by atoms with Crippen molar-refractivity contribution in [3.8, 4) is 5.75 Å². The van der Waals surface area contributed by atoms with Gasteiger partial charge in [-0.2, -0.15) is 0 Å². The molecule has 0 saturated heterocycles. The van der Waals surface area contributed by atoms with E-state index in [1.807, 2.05) is 31.3 Å². The number of para-hydroxylation sites is 1. The Morgan fingerprint density at radius 2 is 2.05 bits per heavy atom. The lowest BCUT2D eigenvalue weighted by atomic mass is 9.53. The van der Waals surface area contributed by atoms with E-state index in [2.05, 4.69) is 29.4 Å². The predicted molar refractivity (Wildman–Crippen MR) is 146 cm³/mol. The summed E-state index contributed by atoms with van der Waals surface area (Å²) in [6.45, 7) is 4.42. The Kier molecular flexibility index (Phi) is 6.27. The lowest BCUT2D eigenvalue weighted by Crippen LogP contribution is -2.47. The van der Waals surface area contributed by atoms with Gasteiger partial charge in [0.05, 0.1) is 0 Å². The average Bonchev–Trinajstić information content (AvgIpc) is 3.39. The number of carbonyl (C=O) groups excluding carboxylic acids is 1. The van der Waals surface area contributed by atoms with Crippen LogP contribution in [0.2, 0.25) is 0 Å². The van der Waals surface area contributed by atoms with Gasteiger partial charge in [-0.15, -0.1) is 0 Å². The van der Waals surface area contributed by atoms with Gasteiger partial charge < -0.3 is 15.4 Å². The number of nitrogens with one attached hydrogen (secondary N) is 2. The first-order valence-electron chi connectivity index (χ1n) is 14.2. The number of carbonyl (C=O) groups is 1. The molecule has 202 valence electrons. The molecule has 2 aromatic carbocycles. The third-order valence-corrected chi connectivity index (χ3v) is 10.3. The molecule has 0 aliphatic heterocycles. The van der Waals surface area contributed by atoms with Crippen LogP contribution in [-0.2, 0) is 17.6 Å².